The van der Waals surface area contributed by atoms with Gasteiger partial charge in [-0.15, -0.1) is 0 Å². The van der Waals surface area contributed by atoms with Gasteiger partial charge in [-0.25, -0.2) is 4.39 Å². The van der Waals surface area contributed by atoms with E-state index in [1.807, 2.05) is 6.92 Å². The molecule has 29 heavy (non-hydrogen) atoms. The maximum atomic E-state index is 14.2. The number of likely N-dealkylation sites (tertiary alicyclic amines) is 1. The molecule has 1 aliphatic rings. The minimum atomic E-state index is -0.567. The summed E-state index contributed by atoms with van der Waals surface area (Å²) in [5, 5.41) is 9.48. The summed E-state index contributed by atoms with van der Waals surface area (Å²) in [6, 6.07) is 4.54. The minimum absolute atomic E-state index is 0.0186. The maximum Gasteiger partial charge on any atom is 0.259 e. The Hall–Kier alpha value is -2.74. The van der Waals surface area contributed by atoms with Crippen molar-refractivity contribution in [1.29, 1.82) is 0 Å². The Kier molecular flexibility index (Phi) is 6.64. The lowest BCUT2D eigenvalue weighted by atomic mass is 10.0. The molecule has 0 saturated carbocycles. The van der Waals surface area contributed by atoms with E-state index >= 15 is 0 Å². The van der Waals surface area contributed by atoms with Crippen molar-refractivity contribution in [2.45, 2.75) is 45.6 Å². The average Bonchev–Trinajstić information content (AvgIpc) is 3.07. The Balaban J connectivity index is 1.67. The molecule has 1 aliphatic heterocycles. The third kappa shape index (κ3) is 5.00. The van der Waals surface area contributed by atoms with Gasteiger partial charge in [-0.3, -0.25) is 19.2 Å². The predicted molar refractivity (Wildman–Crippen MR) is 110 cm³/mol. The lowest BCUT2D eigenvalue weighted by Gasteiger charge is -2.32. The van der Waals surface area contributed by atoms with Crippen LogP contribution in [-0.4, -0.2) is 45.6 Å². The van der Waals surface area contributed by atoms with Crippen LogP contribution in [0.3, 0.4) is 0 Å². The van der Waals surface area contributed by atoms with Gasteiger partial charge in [0.15, 0.2) is 0 Å². The molecule has 1 fully saturated rings. The first kappa shape index (κ1) is 21.0. The van der Waals surface area contributed by atoms with E-state index in [1.54, 1.807) is 11.7 Å². The normalized spacial score (nSPS) is 17.2. The Bertz CT molecular complexity index is 895. The van der Waals surface area contributed by atoms with E-state index in [1.165, 1.54) is 30.8 Å². The van der Waals surface area contributed by atoms with Gasteiger partial charge in [0.1, 0.15) is 5.82 Å². The van der Waals surface area contributed by atoms with Gasteiger partial charge >= 0.3 is 0 Å². The molecular weight excluding hydrogens is 373 g/mol. The molecule has 0 spiro atoms. The van der Waals surface area contributed by atoms with Crippen molar-refractivity contribution in [3.63, 3.8) is 0 Å². The number of amides is 2. The van der Waals surface area contributed by atoms with E-state index in [4.69, 9.17) is 0 Å². The highest BCUT2D eigenvalue weighted by Crippen LogP contribution is 2.22. The van der Waals surface area contributed by atoms with E-state index in [9.17, 15) is 14.0 Å². The summed E-state index contributed by atoms with van der Waals surface area (Å²) in [6.07, 6.45) is 5.48. The largest absolute Gasteiger partial charge is 0.325 e. The summed E-state index contributed by atoms with van der Waals surface area (Å²) in [5.41, 5.74) is 1.63. The number of carbonyl (C=O) groups excluding carboxylic acids is 2. The second kappa shape index (κ2) is 9.17. The van der Waals surface area contributed by atoms with E-state index in [-0.39, 0.29) is 11.6 Å². The number of nitrogens with one attached hydrogen (secondary N) is 2. The van der Waals surface area contributed by atoms with E-state index in [0.717, 1.165) is 25.1 Å². The zero-order chi connectivity index (χ0) is 21.0. The molecule has 2 amide bonds. The summed E-state index contributed by atoms with van der Waals surface area (Å²) in [5.74, 6) is -1.15. The summed E-state index contributed by atoms with van der Waals surface area (Å²) in [4.78, 5) is 27.1. The average molecular weight is 401 g/mol. The van der Waals surface area contributed by atoms with Gasteiger partial charge in [0.25, 0.3) is 5.91 Å². The van der Waals surface area contributed by atoms with Gasteiger partial charge in [-0.05, 0) is 50.9 Å². The van der Waals surface area contributed by atoms with Crippen LogP contribution in [0, 0.1) is 5.82 Å². The van der Waals surface area contributed by atoms with Crippen LogP contribution in [0.15, 0.2) is 24.4 Å². The molecule has 3 rings (SSSR count). The summed E-state index contributed by atoms with van der Waals surface area (Å²) in [6.45, 7) is 5.26. The van der Waals surface area contributed by atoms with Crippen LogP contribution < -0.4 is 10.6 Å². The van der Waals surface area contributed by atoms with Crippen molar-refractivity contribution in [3.8, 4) is 0 Å². The SMILES string of the molecule is CCc1c(C(=O)Nc2cc(NC(=O)CN3CCCCC3C)ccc2F)cnn1C. The van der Waals surface area contributed by atoms with Gasteiger partial charge in [0, 0.05) is 18.8 Å². The first-order valence-corrected chi connectivity index (χ1v) is 10.0. The summed E-state index contributed by atoms with van der Waals surface area (Å²) >= 11 is 0. The van der Waals surface area contributed by atoms with E-state index in [0.29, 0.717) is 30.3 Å². The van der Waals surface area contributed by atoms with Crippen molar-refractivity contribution >= 4 is 23.2 Å². The number of carbonyl (C=O) groups is 2. The second-order valence-electron chi connectivity index (χ2n) is 7.49. The van der Waals surface area contributed by atoms with E-state index in [2.05, 4.69) is 27.6 Å². The van der Waals surface area contributed by atoms with Crippen LogP contribution >= 0.6 is 0 Å². The standard InChI is InChI=1S/C21H28FN5O2/c1-4-19-16(12-23-26(19)3)21(29)25-18-11-15(8-9-17(18)22)24-20(28)13-27-10-6-5-7-14(27)2/h8-9,11-12,14H,4-7,10,13H2,1-3H3,(H,24,28)(H,25,29). The Labute approximate surface area is 170 Å². The fourth-order valence-corrected chi connectivity index (χ4v) is 3.74. The van der Waals surface area contributed by atoms with Crippen molar-refractivity contribution in [2.24, 2.45) is 7.05 Å². The number of piperidine rings is 1. The van der Waals surface area contributed by atoms with Crippen molar-refractivity contribution in [3.05, 3.63) is 41.5 Å². The molecule has 156 valence electrons. The van der Waals surface area contributed by atoms with Crippen LogP contribution in [-0.2, 0) is 18.3 Å². The third-order valence-electron chi connectivity index (χ3n) is 5.43. The van der Waals surface area contributed by atoms with Crippen molar-refractivity contribution in [1.82, 2.24) is 14.7 Å². The van der Waals surface area contributed by atoms with Gasteiger partial charge in [0.2, 0.25) is 5.91 Å². The van der Waals surface area contributed by atoms with Crippen LogP contribution in [0.2, 0.25) is 0 Å². The van der Waals surface area contributed by atoms with Crippen LogP contribution in [0.25, 0.3) is 0 Å². The lowest BCUT2D eigenvalue weighted by Crippen LogP contribution is -2.42. The highest BCUT2D eigenvalue weighted by Gasteiger charge is 2.21. The molecule has 2 aromatic rings. The number of aryl methyl sites for hydroxylation is 1. The Morgan fingerprint density at radius 2 is 2.07 bits per heavy atom. The molecule has 0 radical (unpaired) electrons. The smallest absolute Gasteiger partial charge is 0.259 e. The molecule has 7 nitrogen and oxygen atoms in total. The minimum Gasteiger partial charge on any atom is -0.325 e. The van der Waals surface area contributed by atoms with Crippen molar-refractivity contribution in [2.75, 3.05) is 23.7 Å². The number of hydrogen-bond donors (Lipinski definition) is 2. The number of aromatic nitrogens is 2. The maximum absolute atomic E-state index is 14.2. The Morgan fingerprint density at radius 3 is 2.79 bits per heavy atom. The predicted octanol–water partition coefficient (Wildman–Crippen LogP) is 3.19. The molecule has 0 bridgehead atoms. The molecule has 0 aliphatic carbocycles. The highest BCUT2D eigenvalue weighted by atomic mass is 19.1. The zero-order valence-electron chi connectivity index (χ0n) is 17.2. The number of rotatable bonds is 6. The molecule has 1 saturated heterocycles. The van der Waals surface area contributed by atoms with Gasteiger partial charge in [-0.2, -0.15) is 5.10 Å². The number of anilines is 2. The third-order valence-corrected chi connectivity index (χ3v) is 5.43. The molecular formula is C21H28FN5O2. The van der Waals surface area contributed by atoms with Crippen LogP contribution in [0.4, 0.5) is 15.8 Å². The molecule has 2 N–H and O–H groups in total. The quantitative estimate of drug-likeness (QED) is 0.779. The topological polar surface area (TPSA) is 79.3 Å². The number of halogens is 1. The molecule has 1 atom stereocenters. The molecule has 1 aromatic carbocycles. The summed E-state index contributed by atoms with van der Waals surface area (Å²) in [7, 11) is 1.76. The second-order valence-corrected chi connectivity index (χ2v) is 7.49. The van der Waals surface area contributed by atoms with Gasteiger partial charge in [0.05, 0.1) is 29.7 Å². The first-order chi connectivity index (χ1) is 13.9. The van der Waals surface area contributed by atoms with E-state index < -0.39 is 11.7 Å². The summed E-state index contributed by atoms with van der Waals surface area (Å²) < 4.78 is 15.9. The molecule has 2 heterocycles. The van der Waals surface area contributed by atoms with Crippen LogP contribution in [0.1, 0.15) is 49.2 Å². The van der Waals surface area contributed by atoms with Gasteiger partial charge < -0.3 is 10.6 Å². The highest BCUT2D eigenvalue weighted by molar-refractivity contribution is 6.05. The number of benzene rings is 1. The first-order valence-electron chi connectivity index (χ1n) is 10.0. The lowest BCUT2D eigenvalue weighted by molar-refractivity contribution is -0.118. The van der Waals surface area contributed by atoms with Crippen molar-refractivity contribution < 1.29 is 14.0 Å². The van der Waals surface area contributed by atoms with Crippen LogP contribution in [0.5, 0.6) is 0 Å². The number of hydrogen-bond acceptors (Lipinski definition) is 4. The fourth-order valence-electron chi connectivity index (χ4n) is 3.74. The fraction of sp³-hybridized carbons (Fsp3) is 0.476. The molecule has 1 unspecified atom stereocenters. The van der Waals surface area contributed by atoms with Gasteiger partial charge in [-0.1, -0.05) is 13.3 Å². The zero-order valence-corrected chi connectivity index (χ0v) is 17.2. The molecule has 8 heteroatoms. The monoisotopic (exact) mass is 401 g/mol. The number of nitrogens with zero attached hydrogens (tertiary/aromatic N) is 3. The Morgan fingerprint density at radius 1 is 1.28 bits per heavy atom. The molecule has 1 aromatic heterocycles.